The van der Waals surface area contributed by atoms with Gasteiger partial charge in [0.1, 0.15) is 5.57 Å². The van der Waals surface area contributed by atoms with Gasteiger partial charge in [-0.15, -0.1) is 0 Å². The van der Waals surface area contributed by atoms with E-state index in [1.165, 1.54) is 0 Å². The molecule has 0 aromatic heterocycles. The number of halogens is 21. The Morgan fingerprint density at radius 3 is 0.947 bits per heavy atom. The van der Waals surface area contributed by atoms with Gasteiger partial charge in [-0.3, -0.25) is 0 Å². The van der Waals surface area contributed by atoms with Crippen molar-refractivity contribution in [2.75, 3.05) is 0 Å². The third-order valence-electron chi connectivity index (χ3n) is 4.49. The molecule has 0 spiro atoms. The van der Waals surface area contributed by atoms with Crippen LogP contribution in [0.25, 0.3) is 0 Å². The van der Waals surface area contributed by atoms with Crippen molar-refractivity contribution in [2.24, 2.45) is 0 Å². The van der Waals surface area contributed by atoms with Crippen LogP contribution in [0.1, 0.15) is 13.3 Å². The first-order valence-corrected chi connectivity index (χ1v) is 8.55. The first-order chi connectivity index (χ1) is 16.1. The largest absolute Gasteiger partial charge is 0.478 e. The standard InChI is InChI=1S/C15H7F21O2/c1-2-3-4(5(37)38)6(16,17)7(18,19)8(20,21)9(22,23)10(24,25)11(26,27)12(28,29)13(30,31)14(32,33)15(34,35)36/h3H,2H2,1H3,(H,37,38). The number of carboxylic acids is 1. The summed E-state index contributed by atoms with van der Waals surface area (Å²) in [7, 11) is 0. The monoisotopic (exact) mass is 618 g/mol. The number of carboxylic acid groups (broad SMARTS) is 1. The second kappa shape index (κ2) is 9.15. The summed E-state index contributed by atoms with van der Waals surface area (Å²) in [4.78, 5) is 10.6. The third kappa shape index (κ3) is 4.30. The first-order valence-electron chi connectivity index (χ1n) is 8.55. The molecule has 23 heteroatoms. The molecule has 0 aliphatic heterocycles. The number of carbonyl (C=O) groups is 1. The average molecular weight is 618 g/mol. The van der Waals surface area contributed by atoms with E-state index in [0.717, 1.165) is 0 Å². The second-order valence-corrected chi connectivity index (χ2v) is 7.00. The minimum atomic E-state index is -9.27. The van der Waals surface area contributed by atoms with E-state index >= 15 is 0 Å². The van der Waals surface area contributed by atoms with Crippen molar-refractivity contribution >= 4 is 5.97 Å². The lowest BCUT2D eigenvalue weighted by Crippen LogP contribution is -2.77. The molecule has 0 saturated carbocycles. The Morgan fingerprint density at radius 2 is 0.737 bits per heavy atom. The molecule has 0 atom stereocenters. The van der Waals surface area contributed by atoms with Gasteiger partial charge < -0.3 is 5.11 Å². The first kappa shape index (κ1) is 35.7. The van der Waals surface area contributed by atoms with Crippen molar-refractivity contribution in [2.45, 2.75) is 72.8 Å². The van der Waals surface area contributed by atoms with Gasteiger partial charge in [-0.25, -0.2) is 4.79 Å². The average Bonchev–Trinajstić information content (AvgIpc) is 2.69. The van der Waals surface area contributed by atoms with Gasteiger partial charge >= 0.3 is 65.4 Å². The van der Waals surface area contributed by atoms with Crippen LogP contribution in [-0.4, -0.2) is 70.6 Å². The van der Waals surface area contributed by atoms with Gasteiger partial charge in [0.2, 0.25) is 0 Å². The molecule has 0 aliphatic rings. The van der Waals surface area contributed by atoms with E-state index in [1.807, 2.05) is 0 Å². The van der Waals surface area contributed by atoms with Gasteiger partial charge in [0.15, 0.2) is 0 Å². The molecule has 0 rings (SSSR count). The lowest BCUT2D eigenvalue weighted by molar-refractivity contribution is -0.473. The zero-order chi connectivity index (χ0) is 31.6. The third-order valence-corrected chi connectivity index (χ3v) is 4.49. The van der Waals surface area contributed by atoms with Crippen LogP contribution < -0.4 is 0 Å². The van der Waals surface area contributed by atoms with E-state index in [9.17, 15) is 97.0 Å². The summed E-state index contributed by atoms with van der Waals surface area (Å²) < 4.78 is 278. The van der Waals surface area contributed by atoms with Crippen molar-refractivity contribution in [3.8, 4) is 0 Å². The Bertz CT molecular complexity index is 925. The van der Waals surface area contributed by atoms with E-state index in [2.05, 4.69) is 0 Å². The molecule has 38 heavy (non-hydrogen) atoms. The molecule has 0 unspecified atom stereocenters. The van der Waals surface area contributed by atoms with Crippen LogP contribution >= 0.6 is 0 Å². The minimum Gasteiger partial charge on any atom is -0.478 e. The summed E-state index contributed by atoms with van der Waals surface area (Å²) in [6.07, 6.45) is -9.82. The quantitative estimate of drug-likeness (QED) is 0.191. The summed E-state index contributed by atoms with van der Waals surface area (Å²) >= 11 is 0. The Hall–Kier alpha value is -2.26. The lowest BCUT2D eigenvalue weighted by Gasteiger charge is -2.44. The molecule has 1 N–H and O–H groups in total. The lowest BCUT2D eigenvalue weighted by atomic mass is 9.85. The highest BCUT2D eigenvalue weighted by Crippen LogP contribution is 2.66. The molecule has 0 radical (unpaired) electrons. The molecule has 0 fully saturated rings. The van der Waals surface area contributed by atoms with Gasteiger partial charge in [0.05, 0.1) is 0 Å². The molecule has 2 nitrogen and oxygen atoms in total. The minimum absolute atomic E-state index is 0.595. The maximum absolute atomic E-state index is 13.8. The fourth-order valence-corrected chi connectivity index (χ4v) is 2.28. The molecule has 0 bridgehead atoms. The van der Waals surface area contributed by atoms with Crippen LogP contribution in [0.4, 0.5) is 92.2 Å². The highest BCUT2D eigenvalue weighted by atomic mass is 19.4. The summed E-state index contributed by atoms with van der Waals surface area (Å²) in [6.45, 7) is 0.595. The summed E-state index contributed by atoms with van der Waals surface area (Å²) in [5.41, 5.74) is -3.29. The fourth-order valence-electron chi connectivity index (χ4n) is 2.28. The Balaban J connectivity index is 7.28. The van der Waals surface area contributed by atoms with Crippen molar-refractivity contribution in [1.29, 1.82) is 0 Å². The summed E-state index contributed by atoms with van der Waals surface area (Å²) in [6, 6.07) is 0. The van der Waals surface area contributed by atoms with Gasteiger partial charge in [-0.2, -0.15) is 92.2 Å². The number of rotatable bonds is 11. The van der Waals surface area contributed by atoms with E-state index in [4.69, 9.17) is 5.11 Å². The Kier molecular flexibility index (Phi) is 8.61. The van der Waals surface area contributed by atoms with Crippen molar-refractivity contribution in [3.05, 3.63) is 11.6 Å². The Labute approximate surface area is 194 Å². The zero-order valence-electron chi connectivity index (χ0n) is 17.1. The number of allylic oxidation sites excluding steroid dienone is 1. The maximum Gasteiger partial charge on any atom is 0.460 e. The second-order valence-electron chi connectivity index (χ2n) is 7.00. The molecule has 0 aromatic carbocycles. The van der Waals surface area contributed by atoms with Crippen molar-refractivity contribution in [1.82, 2.24) is 0 Å². The SMILES string of the molecule is CCC=C(C(=O)O)C(F)(F)C(F)(F)C(F)(F)C(F)(F)C(F)(F)C(F)(F)C(F)(F)C(F)(F)C(F)(F)C(F)(F)F. The molecular weight excluding hydrogens is 611 g/mol. The van der Waals surface area contributed by atoms with Gasteiger partial charge in [-0.05, 0) is 6.42 Å². The van der Waals surface area contributed by atoms with Crippen LogP contribution in [0.15, 0.2) is 11.6 Å². The highest BCUT2D eigenvalue weighted by Gasteiger charge is 2.98. The van der Waals surface area contributed by atoms with E-state index in [0.29, 0.717) is 6.92 Å². The van der Waals surface area contributed by atoms with Crippen molar-refractivity contribution < 1.29 is 102 Å². The molecule has 0 aromatic rings. The van der Waals surface area contributed by atoms with Gasteiger partial charge in [0, 0.05) is 0 Å². The normalized spacial score (nSPS) is 16.6. The number of hydrogen-bond donors (Lipinski definition) is 1. The van der Waals surface area contributed by atoms with E-state index in [1.54, 1.807) is 0 Å². The molecule has 0 amide bonds. The van der Waals surface area contributed by atoms with E-state index < -0.39 is 83.5 Å². The van der Waals surface area contributed by atoms with E-state index in [-0.39, 0.29) is 0 Å². The van der Waals surface area contributed by atoms with Crippen LogP contribution in [0.5, 0.6) is 0 Å². The zero-order valence-corrected chi connectivity index (χ0v) is 17.1. The molecule has 0 saturated heterocycles. The predicted octanol–water partition coefficient (Wildman–Crippen LogP) is 7.69. The van der Waals surface area contributed by atoms with Crippen LogP contribution in [0.2, 0.25) is 0 Å². The highest BCUT2D eigenvalue weighted by molar-refractivity contribution is 5.88. The molecule has 0 heterocycles. The van der Waals surface area contributed by atoms with Crippen LogP contribution in [-0.2, 0) is 4.79 Å². The fraction of sp³-hybridized carbons (Fsp3) is 0.800. The number of hydrogen-bond acceptors (Lipinski definition) is 1. The smallest absolute Gasteiger partial charge is 0.460 e. The molecular formula is C15H7F21O2. The van der Waals surface area contributed by atoms with Gasteiger partial charge in [0.25, 0.3) is 0 Å². The summed E-state index contributed by atoms with van der Waals surface area (Å²) in [5, 5.41) is 8.37. The van der Waals surface area contributed by atoms with Gasteiger partial charge in [-0.1, -0.05) is 13.0 Å². The predicted molar refractivity (Wildman–Crippen MR) is 76.6 cm³/mol. The number of alkyl halides is 21. The number of aliphatic carboxylic acids is 1. The van der Waals surface area contributed by atoms with Crippen LogP contribution in [0, 0.1) is 0 Å². The summed E-state index contributed by atoms with van der Waals surface area (Å²) in [5.74, 6) is -82.1. The Morgan fingerprint density at radius 1 is 0.500 bits per heavy atom. The topological polar surface area (TPSA) is 37.3 Å². The maximum atomic E-state index is 13.8. The molecule has 226 valence electrons. The molecule has 0 aliphatic carbocycles. The van der Waals surface area contributed by atoms with Crippen LogP contribution in [0.3, 0.4) is 0 Å². The van der Waals surface area contributed by atoms with Crippen molar-refractivity contribution in [3.63, 3.8) is 0 Å².